The van der Waals surface area contributed by atoms with Gasteiger partial charge in [-0.05, 0) is 46.5 Å². The van der Waals surface area contributed by atoms with E-state index in [9.17, 15) is 14.7 Å². The van der Waals surface area contributed by atoms with E-state index in [0.29, 0.717) is 13.0 Å². The second-order valence-electron chi connectivity index (χ2n) is 8.25. The van der Waals surface area contributed by atoms with Crippen molar-refractivity contribution in [2.45, 2.75) is 19.0 Å². The van der Waals surface area contributed by atoms with Gasteiger partial charge in [0.25, 0.3) is 5.91 Å². The number of aromatic hydroxyl groups is 1. The molecule has 0 heterocycles. The molecule has 7 nitrogen and oxygen atoms in total. The highest BCUT2D eigenvalue weighted by Crippen LogP contribution is 2.24. The Labute approximate surface area is 213 Å². The first-order valence-corrected chi connectivity index (χ1v) is 11.7. The van der Waals surface area contributed by atoms with Gasteiger partial charge in [0.1, 0.15) is 5.75 Å². The molecule has 0 aliphatic carbocycles. The van der Waals surface area contributed by atoms with E-state index in [2.05, 4.69) is 15.8 Å². The van der Waals surface area contributed by atoms with E-state index in [1.54, 1.807) is 6.21 Å². The van der Waals surface area contributed by atoms with Gasteiger partial charge in [-0.1, -0.05) is 78.3 Å². The van der Waals surface area contributed by atoms with Crippen LogP contribution in [0.15, 0.2) is 90.0 Å². The lowest BCUT2D eigenvalue weighted by atomic mass is 9.99. The smallest absolute Gasteiger partial charge is 0.271 e. The third kappa shape index (κ3) is 6.07. The lowest BCUT2D eigenvalue weighted by molar-refractivity contribution is -0.120. The van der Waals surface area contributed by atoms with Gasteiger partial charge in [-0.25, -0.2) is 5.43 Å². The molecule has 4 aromatic carbocycles. The Balaban J connectivity index is 1.48. The van der Waals surface area contributed by atoms with E-state index < -0.39 is 17.9 Å². The molecule has 4 aromatic rings. The van der Waals surface area contributed by atoms with Gasteiger partial charge in [0.2, 0.25) is 5.91 Å². The maximum atomic E-state index is 12.3. The molecule has 0 radical (unpaired) electrons. The number of primary amides is 1. The number of carbonyl (C=O) groups excluding carboxylic acids is 2. The Morgan fingerprint density at radius 3 is 2.42 bits per heavy atom. The maximum Gasteiger partial charge on any atom is 0.271 e. The molecule has 0 aromatic heterocycles. The predicted molar refractivity (Wildman–Crippen MR) is 142 cm³/mol. The fourth-order valence-corrected chi connectivity index (χ4v) is 4.06. The van der Waals surface area contributed by atoms with Crippen LogP contribution in [0.25, 0.3) is 10.8 Å². The second-order valence-corrected chi connectivity index (χ2v) is 8.66. The van der Waals surface area contributed by atoms with E-state index in [4.69, 9.17) is 17.3 Å². The second kappa shape index (κ2) is 11.5. The van der Waals surface area contributed by atoms with Crippen molar-refractivity contribution >= 4 is 40.4 Å². The Bertz CT molecular complexity index is 1420. The third-order valence-electron chi connectivity index (χ3n) is 5.79. The first-order chi connectivity index (χ1) is 17.4. The minimum atomic E-state index is -0.504. The number of phenolic OH excluding ortho intramolecular Hbond substituents is 1. The first kappa shape index (κ1) is 24.9. The van der Waals surface area contributed by atoms with Gasteiger partial charge in [-0.2, -0.15) is 5.10 Å². The molecule has 2 amide bonds. The van der Waals surface area contributed by atoms with Crippen molar-refractivity contribution in [2.75, 3.05) is 0 Å². The van der Waals surface area contributed by atoms with Gasteiger partial charge in [0.15, 0.2) is 0 Å². The molecular weight excluding hydrogens is 476 g/mol. The minimum absolute atomic E-state index is 0.0872. The van der Waals surface area contributed by atoms with Crippen molar-refractivity contribution in [3.8, 4) is 5.75 Å². The number of hydrogen-bond donors (Lipinski definition) is 4. The van der Waals surface area contributed by atoms with Crippen molar-refractivity contribution in [3.05, 3.63) is 112 Å². The highest BCUT2D eigenvalue weighted by molar-refractivity contribution is 6.32. The van der Waals surface area contributed by atoms with Crippen LogP contribution in [0.5, 0.6) is 5.75 Å². The summed E-state index contributed by atoms with van der Waals surface area (Å²) >= 11 is 5.87. The Hall–Kier alpha value is -4.20. The SMILES string of the molecule is NC(=O)[C@H](Cc1ccccc1)NCc1ccc(/C=N/NC(=O)c2ccc(O)c(Cl)c2)c2ccccc12. The van der Waals surface area contributed by atoms with Crippen molar-refractivity contribution in [2.24, 2.45) is 10.8 Å². The summed E-state index contributed by atoms with van der Waals surface area (Å²) in [6, 6.07) is 25.1. The van der Waals surface area contributed by atoms with Gasteiger partial charge < -0.3 is 16.2 Å². The maximum absolute atomic E-state index is 12.3. The summed E-state index contributed by atoms with van der Waals surface area (Å²) in [5.41, 5.74) is 11.3. The van der Waals surface area contributed by atoms with Gasteiger partial charge in [0, 0.05) is 17.7 Å². The zero-order chi connectivity index (χ0) is 25.5. The summed E-state index contributed by atoms with van der Waals surface area (Å²) in [5, 5.41) is 18.9. The number of rotatable bonds is 9. The molecule has 4 rings (SSSR count). The summed E-state index contributed by atoms with van der Waals surface area (Å²) in [6.45, 7) is 0.455. The quantitative estimate of drug-likeness (QED) is 0.204. The average molecular weight is 501 g/mol. The summed E-state index contributed by atoms with van der Waals surface area (Å²) in [6.07, 6.45) is 2.08. The van der Waals surface area contributed by atoms with Crippen molar-refractivity contribution in [1.82, 2.24) is 10.7 Å². The zero-order valence-corrected chi connectivity index (χ0v) is 20.1. The van der Waals surface area contributed by atoms with E-state index in [1.807, 2.05) is 66.7 Å². The molecule has 8 heteroatoms. The Kier molecular flexibility index (Phi) is 7.95. The largest absolute Gasteiger partial charge is 0.506 e. The number of nitrogens with one attached hydrogen (secondary N) is 2. The summed E-state index contributed by atoms with van der Waals surface area (Å²) in [7, 11) is 0. The summed E-state index contributed by atoms with van der Waals surface area (Å²) < 4.78 is 0. The van der Waals surface area contributed by atoms with Crippen molar-refractivity contribution < 1.29 is 14.7 Å². The molecule has 0 saturated heterocycles. The number of benzene rings is 4. The molecule has 0 aliphatic heterocycles. The van der Waals surface area contributed by atoms with Gasteiger partial charge >= 0.3 is 0 Å². The number of nitrogens with two attached hydrogens (primary N) is 1. The fraction of sp³-hybridized carbons (Fsp3) is 0.107. The number of amides is 2. The third-order valence-corrected chi connectivity index (χ3v) is 6.10. The summed E-state index contributed by atoms with van der Waals surface area (Å²) in [5.74, 6) is -0.952. The molecule has 36 heavy (non-hydrogen) atoms. The molecule has 182 valence electrons. The first-order valence-electron chi connectivity index (χ1n) is 11.3. The monoisotopic (exact) mass is 500 g/mol. The predicted octanol–water partition coefficient (Wildman–Crippen LogP) is 4.15. The van der Waals surface area contributed by atoms with Crippen LogP contribution in [0.3, 0.4) is 0 Å². The number of hydrogen-bond acceptors (Lipinski definition) is 5. The molecule has 0 fully saturated rings. The van der Waals surface area contributed by atoms with Crippen LogP contribution in [0.2, 0.25) is 5.02 Å². The average Bonchev–Trinajstić information content (AvgIpc) is 2.89. The van der Waals surface area contributed by atoms with Crippen LogP contribution in [-0.4, -0.2) is 29.2 Å². The number of hydrazone groups is 1. The standard InChI is InChI=1S/C28H25ClN4O3/c29-24-15-19(12-13-26(24)34)28(36)33-32-17-21-11-10-20(22-8-4-5-9-23(21)22)16-31-25(27(30)35)14-18-6-2-1-3-7-18/h1-13,15,17,25,31,34H,14,16H2,(H2,30,35)(H,33,36)/b32-17+/t25-/m0/s1. The molecule has 0 spiro atoms. The topological polar surface area (TPSA) is 117 Å². The van der Waals surface area contributed by atoms with Gasteiger partial charge in [-0.15, -0.1) is 0 Å². The normalized spacial score (nSPS) is 12.0. The van der Waals surface area contributed by atoms with E-state index in [-0.39, 0.29) is 16.3 Å². The van der Waals surface area contributed by atoms with Gasteiger partial charge in [0.05, 0.1) is 17.3 Å². The van der Waals surface area contributed by atoms with Crippen molar-refractivity contribution in [3.63, 3.8) is 0 Å². The van der Waals surface area contributed by atoms with E-state index in [1.165, 1.54) is 18.2 Å². The van der Waals surface area contributed by atoms with Crippen LogP contribution >= 0.6 is 11.6 Å². The number of carbonyl (C=O) groups is 2. The van der Waals surface area contributed by atoms with Crippen LogP contribution in [0, 0.1) is 0 Å². The Morgan fingerprint density at radius 2 is 1.69 bits per heavy atom. The number of halogens is 1. The Morgan fingerprint density at radius 1 is 0.972 bits per heavy atom. The van der Waals surface area contributed by atoms with Crippen LogP contribution in [-0.2, 0) is 17.8 Å². The number of nitrogens with zero attached hydrogens (tertiary/aromatic N) is 1. The lowest BCUT2D eigenvalue weighted by Crippen LogP contribution is -2.42. The highest BCUT2D eigenvalue weighted by Gasteiger charge is 2.16. The van der Waals surface area contributed by atoms with Crippen LogP contribution in [0.1, 0.15) is 27.0 Å². The molecule has 0 unspecified atom stereocenters. The molecule has 0 aliphatic rings. The van der Waals surface area contributed by atoms with Crippen LogP contribution < -0.4 is 16.5 Å². The fourth-order valence-electron chi connectivity index (χ4n) is 3.88. The van der Waals surface area contributed by atoms with E-state index >= 15 is 0 Å². The minimum Gasteiger partial charge on any atom is -0.506 e. The number of fused-ring (bicyclic) bond motifs is 1. The molecular formula is C28H25ClN4O3. The molecule has 0 saturated carbocycles. The number of phenols is 1. The van der Waals surface area contributed by atoms with Gasteiger partial charge in [-0.3, -0.25) is 9.59 Å². The van der Waals surface area contributed by atoms with E-state index in [0.717, 1.165) is 27.5 Å². The summed E-state index contributed by atoms with van der Waals surface area (Å²) in [4.78, 5) is 24.4. The van der Waals surface area contributed by atoms with Crippen LogP contribution in [0.4, 0.5) is 0 Å². The highest BCUT2D eigenvalue weighted by atomic mass is 35.5. The molecule has 0 bridgehead atoms. The molecule has 5 N–H and O–H groups in total. The zero-order valence-electron chi connectivity index (χ0n) is 19.3. The molecule has 1 atom stereocenters. The van der Waals surface area contributed by atoms with Crippen molar-refractivity contribution in [1.29, 1.82) is 0 Å². The lowest BCUT2D eigenvalue weighted by Gasteiger charge is -2.17.